The van der Waals surface area contributed by atoms with Crippen molar-refractivity contribution in [1.82, 2.24) is 26.1 Å². The molecular weight excluding hydrogens is 594 g/mol. The largest absolute Gasteiger partial charge is 0.389 e. The van der Waals surface area contributed by atoms with Crippen LogP contribution in [0.1, 0.15) is 61.4 Å². The van der Waals surface area contributed by atoms with E-state index < -0.39 is 11.6 Å². The molecule has 0 amide bonds. The van der Waals surface area contributed by atoms with Crippen LogP contribution in [-0.4, -0.2) is 34.9 Å². The van der Waals surface area contributed by atoms with Gasteiger partial charge in [0.05, 0.1) is 47.6 Å². The van der Waals surface area contributed by atoms with Crippen molar-refractivity contribution in [2.45, 2.75) is 59.8 Å². The van der Waals surface area contributed by atoms with Crippen LogP contribution in [0, 0.1) is 35.8 Å². The maximum atomic E-state index is 16.9. The molecule has 1 aromatic carbocycles. The van der Waals surface area contributed by atoms with E-state index in [4.69, 9.17) is 15.5 Å². The summed E-state index contributed by atoms with van der Waals surface area (Å²) in [6, 6.07) is 2.39. The number of thiophene rings is 1. The number of hydrogen-bond donors (Lipinski definition) is 4. The zero-order valence-electron chi connectivity index (χ0n) is 25.7. The van der Waals surface area contributed by atoms with Gasteiger partial charge < -0.3 is 31.5 Å². The number of aliphatic imine (C=N–C) groups is 1. The summed E-state index contributed by atoms with van der Waals surface area (Å²) >= 11 is 0.959. The third-order valence-corrected chi connectivity index (χ3v) is 9.90. The lowest BCUT2D eigenvalue weighted by atomic mass is 9.89. The number of benzene rings is 1. The number of ether oxygens (including phenoxy) is 1. The summed E-state index contributed by atoms with van der Waals surface area (Å²) in [5.74, 6) is 0.854. The minimum Gasteiger partial charge on any atom is -0.389 e. The highest BCUT2D eigenvalue weighted by Crippen LogP contribution is 2.44. The van der Waals surface area contributed by atoms with Gasteiger partial charge in [-0.15, -0.1) is 11.3 Å². The molecule has 2 aromatic heterocycles. The van der Waals surface area contributed by atoms with Gasteiger partial charge in [0.2, 0.25) is 0 Å². The van der Waals surface area contributed by atoms with Gasteiger partial charge in [-0.1, -0.05) is 13.8 Å². The van der Waals surface area contributed by atoms with Gasteiger partial charge in [-0.25, -0.2) is 8.78 Å². The first-order valence-electron chi connectivity index (χ1n) is 15.1. The van der Waals surface area contributed by atoms with Crippen LogP contribution in [0.25, 0.3) is 21.3 Å². The molecule has 2 unspecified atom stereocenters. The lowest BCUT2D eigenvalue weighted by Gasteiger charge is -2.30. The Morgan fingerprint density at radius 2 is 2.13 bits per heavy atom. The van der Waals surface area contributed by atoms with Crippen molar-refractivity contribution in [1.29, 1.82) is 5.26 Å². The first kappa shape index (κ1) is 30.6. The van der Waals surface area contributed by atoms with Crippen LogP contribution in [0.2, 0.25) is 0 Å². The molecule has 1 fully saturated rings. The average Bonchev–Trinajstić information content (AvgIpc) is 3.74. The number of amidine groups is 1. The minimum atomic E-state index is -0.608. The molecule has 9 nitrogen and oxygen atoms in total. The van der Waals surface area contributed by atoms with E-state index in [1.54, 1.807) is 13.1 Å². The van der Waals surface area contributed by atoms with E-state index in [-0.39, 0.29) is 45.1 Å². The summed E-state index contributed by atoms with van der Waals surface area (Å²) in [7, 11) is 0. The van der Waals surface area contributed by atoms with Gasteiger partial charge in [0.1, 0.15) is 28.5 Å². The molecule has 0 aliphatic carbocycles. The molecule has 3 aliphatic rings. The number of nitriles is 1. The number of allylic oxidation sites excluding steroid dienone is 3. The number of fused-ring (bicyclic) bond motifs is 2. The van der Waals surface area contributed by atoms with Crippen LogP contribution in [-0.2, 0) is 18.0 Å². The van der Waals surface area contributed by atoms with E-state index in [2.05, 4.69) is 59.0 Å². The Bertz CT molecular complexity index is 1840. The summed E-state index contributed by atoms with van der Waals surface area (Å²) in [6.45, 7) is 9.86. The average molecular weight is 631 g/mol. The van der Waals surface area contributed by atoms with Crippen molar-refractivity contribution in [2.24, 2.45) is 10.9 Å². The van der Waals surface area contributed by atoms with Crippen LogP contribution >= 0.6 is 11.3 Å². The second-order valence-corrected chi connectivity index (χ2v) is 12.6. The van der Waals surface area contributed by atoms with Gasteiger partial charge in [-0.2, -0.15) is 5.26 Å². The summed E-state index contributed by atoms with van der Waals surface area (Å²) in [5.41, 5.74) is 15.8. The summed E-state index contributed by atoms with van der Waals surface area (Å²) in [5, 5.41) is 13.9. The molecule has 0 radical (unpaired) electrons. The number of aromatic nitrogens is 1. The Morgan fingerprint density at radius 1 is 1.33 bits per heavy atom. The zero-order valence-corrected chi connectivity index (χ0v) is 26.5. The second kappa shape index (κ2) is 12.5. The van der Waals surface area contributed by atoms with Crippen molar-refractivity contribution < 1.29 is 13.5 Å². The Morgan fingerprint density at radius 3 is 2.82 bits per heavy atom. The first-order chi connectivity index (χ1) is 21.7. The number of halogens is 2. The molecule has 5 heterocycles. The highest BCUT2D eigenvalue weighted by atomic mass is 32.1. The second-order valence-electron chi connectivity index (χ2n) is 11.6. The molecule has 0 saturated carbocycles. The lowest BCUT2D eigenvalue weighted by Crippen LogP contribution is -2.39. The summed E-state index contributed by atoms with van der Waals surface area (Å²) < 4.78 is 37.8. The smallest absolute Gasteiger partial charge is 0.159 e. The number of hydrogen-bond acceptors (Lipinski definition) is 9. The molecule has 5 N–H and O–H groups in total. The molecule has 45 heavy (non-hydrogen) atoms. The fraction of sp³-hybridized carbons (Fsp3) is 0.364. The number of rotatable bonds is 7. The van der Waals surface area contributed by atoms with Crippen molar-refractivity contribution >= 4 is 32.3 Å². The molecule has 6 rings (SSSR count). The van der Waals surface area contributed by atoms with E-state index in [0.717, 1.165) is 54.0 Å². The molecule has 0 bridgehead atoms. The van der Waals surface area contributed by atoms with E-state index in [0.29, 0.717) is 41.0 Å². The van der Waals surface area contributed by atoms with Crippen LogP contribution in [0.3, 0.4) is 0 Å². The number of nitrogens with two attached hydrogens (primary N) is 1. The van der Waals surface area contributed by atoms with Gasteiger partial charge in [-0.3, -0.25) is 9.98 Å². The topological polar surface area (TPSA) is 124 Å². The van der Waals surface area contributed by atoms with Gasteiger partial charge >= 0.3 is 0 Å². The van der Waals surface area contributed by atoms with Gasteiger partial charge in [0, 0.05) is 35.3 Å². The number of anilines is 1. The lowest BCUT2D eigenvalue weighted by molar-refractivity contribution is 0.134. The molecule has 3 aromatic rings. The van der Waals surface area contributed by atoms with Crippen LogP contribution in [0.15, 0.2) is 47.1 Å². The molecular formula is C33H36F2N8OS. The molecule has 234 valence electrons. The van der Waals surface area contributed by atoms with Crippen LogP contribution in [0.5, 0.6) is 0 Å². The Labute approximate surface area is 265 Å². The zero-order chi connectivity index (χ0) is 31.8. The summed E-state index contributed by atoms with van der Waals surface area (Å²) in [4.78, 5) is 11.7. The number of pyridine rings is 1. The highest BCUT2D eigenvalue weighted by Gasteiger charge is 2.34. The minimum absolute atomic E-state index is 0.0916. The van der Waals surface area contributed by atoms with E-state index in [9.17, 15) is 9.65 Å². The fourth-order valence-corrected chi connectivity index (χ4v) is 7.22. The molecule has 12 heteroatoms. The monoisotopic (exact) mass is 630 g/mol. The number of nitrogens with zero attached hydrogens (tertiary/aromatic N) is 4. The van der Waals surface area contributed by atoms with Gasteiger partial charge in [0.25, 0.3) is 0 Å². The third-order valence-electron chi connectivity index (χ3n) is 8.88. The SMILES string of the molecule is CC/C=C(/NC(=NCC1=CC=CNN1)c1c(C)c(F)c(-c2ncc(F)c3sc(N)c(C#N)c23)c2c1COC2)N1CCC(C)C1C. The normalized spacial score (nSPS) is 19.8. The van der Waals surface area contributed by atoms with Gasteiger partial charge in [-0.05, 0) is 67.5 Å². The van der Waals surface area contributed by atoms with E-state index in [1.807, 2.05) is 12.2 Å². The quantitative estimate of drug-likeness (QED) is 0.189. The van der Waals surface area contributed by atoms with Crippen molar-refractivity contribution in [3.8, 4) is 17.3 Å². The molecule has 3 aliphatic heterocycles. The van der Waals surface area contributed by atoms with Crippen LogP contribution in [0.4, 0.5) is 13.8 Å². The van der Waals surface area contributed by atoms with Crippen LogP contribution < -0.4 is 21.9 Å². The van der Waals surface area contributed by atoms with Crippen molar-refractivity contribution in [3.05, 3.63) is 81.6 Å². The molecule has 1 saturated heterocycles. The summed E-state index contributed by atoms with van der Waals surface area (Å²) in [6.07, 6.45) is 10.7. The number of hydrazine groups is 1. The van der Waals surface area contributed by atoms with Crippen molar-refractivity contribution in [3.63, 3.8) is 0 Å². The first-order valence-corrected chi connectivity index (χ1v) is 15.9. The Hall–Kier alpha value is -4.47. The van der Waals surface area contributed by atoms with E-state index in [1.165, 1.54) is 0 Å². The van der Waals surface area contributed by atoms with Gasteiger partial charge in [0.15, 0.2) is 5.82 Å². The highest BCUT2D eigenvalue weighted by molar-refractivity contribution is 7.23. The Balaban J connectivity index is 1.54. The standard InChI is InChI=1S/C33H36F2N8OS/c1-5-7-25(43-11-9-17(2)19(43)4)41-33(39-13-20-8-6-10-40-42-20)26-18(3)29(35)27(23-16-44-15-22(23)26)30-28-21(12-36)32(37)45-31(28)24(34)14-38-30/h6-8,10,14,17,19,40,42H,5,9,11,13,15-16,37H2,1-4H3,(H,39,41)/b25-7-. The number of nitrogens with one attached hydrogen (secondary N) is 3. The van der Waals surface area contributed by atoms with Crippen molar-refractivity contribution in [2.75, 3.05) is 18.8 Å². The maximum Gasteiger partial charge on any atom is 0.159 e. The fourth-order valence-electron chi connectivity index (χ4n) is 6.30. The number of likely N-dealkylation sites (tertiary alicyclic amines) is 1. The molecule has 0 spiro atoms. The van der Waals surface area contributed by atoms with E-state index >= 15 is 4.39 Å². The number of nitrogen functional groups attached to an aromatic ring is 1. The predicted molar refractivity (Wildman–Crippen MR) is 174 cm³/mol. The maximum absolute atomic E-state index is 16.9. The predicted octanol–water partition coefficient (Wildman–Crippen LogP) is 5.86. The molecule has 2 atom stereocenters. The third kappa shape index (κ3) is 5.40. The Kier molecular flexibility index (Phi) is 8.48.